The molecule has 2 rings (SSSR count). The van der Waals surface area contributed by atoms with Crippen molar-refractivity contribution < 1.29 is 9.53 Å². The summed E-state index contributed by atoms with van der Waals surface area (Å²) in [6.45, 7) is 1.86. The van der Waals surface area contributed by atoms with Crippen molar-refractivity contribution in [1.29, 1.82) is 0 Å². The highest BCUT2D eigenvalue weighted by Crippen LogP contribution is 2.17. The van der Waals surface area contributed by atoms with Gasteiger partial charge < -0.3 is 10.5 Å². The summed E-state index contributed by atoms with van der Waals surface area (Å²) in [6, 6.07) is 9.08. The first-order chi connectivity index (χ1) is 8.11. The SMILES string of the molecule is COc1cccc(-n2nc(C(N)=O)cc2C)c1. The number of methoxy groups -OCH3 is 1. The molecular formula is C12H13N3O2. The lowest BCUT2D eigenvalue weighted by Gasteiger charge is -2.06. The lowest BCUT2D eigenvalue weighted by Crippen LogP contribution is -2.12. The first-order valence-corrected chi connectivity index (χ1v) is 5.12. The Hall–Kier alpha value is -2.30. The third-order valence-electron chi connectivity index (χ3n) is 2.44. The van der Waals surface area contributed by atoms with Crippen molar-refractivity contribution in [3.8, 4) is 11.4 Å². The van der Waals surface area contributed by atoms with Crippen LogP contribution in [0.5, 0.6) is 5.75 Å². The normalized spacial score (nSPS) is 10.2. The monoisotopic (exact) mass is 231 g/mol. The highest BCUT2D eigenvalue weighted by atomic mass is 16.5. The van der Waals surface area contributed by atoms with Crippen LogP contribution in [0.4, 0.5) is 0 Å². The molecule has 0 saturated heterocycles. The second-order valence-electron chi connectivity index (χ2n) is 3.65. The van der Waals surface area contributed by atoms with E-state index in [4.69, 9.17) is 10.5 Å². The zero-order chi connectivity index (χ0) is 12.4. The number of hydrogen-bond acceptors (Lipinski definition) is 3. The molecule has 0 aliphatic heterocycles. The minimum Gasteiger partial charge on any atom is -0.497 e. The van der Waals surface area contributed by atoms with E-state index in [2.05, 4.69) is 5.10 Å². The third-order valence-corrected chi connectivity index (χ3v) is 2.44. The molecular weight excluding hydrogens is 218 g/mol. The van der Waals surface area contributed by atoms with E-state index >= 15 is 0 Å². The molecule has 88 valence electrons. The predicted molar refractivity (Wildman–Crippen MR) is 63.4 cm³/mol. The van der Waals surface area contributed by atoms with Crippen molar-refractivity contribution in [2.45, 2.75) is 6.92 Å². The van der Waals surface area contributed by atoms with Gasteiger partial charge in [-0.15, -0.1) is 0 Å². The summed E-state index contributed by atoms with van der Waals surface area (Å²) in [4.78, 5) is 11.0. The van der Waals surface area contributed by atoms with E-state index < -0.39 is 5.91 Å². The fraction of sp³-hybridized carbons (Fsp3) is 0.167. The van der Waals surface area contributed by atoms with Crippen molar-refractivity contribution in [2.75, 3.05) is 7.11 Å². The van der Waals surface area contributed by atoms with Crippen LogP contribution in [-0.4, -0.2) is 22.8 Å². The quantitative estimate of drug-likeness (QED) is 0.865. The van der Waals surface area contributed by atoms with Crippen LogP contribution < -0.4 is 10.5 Å². The summed E-state index contributed by atoms with van der Waals surface area (Å²) in [5, 5.41) is 4.14. The van der Waals surface area contributed by atoms with Crippen molar-refractivity contribution >= 4 is 5.91 Å². The van der Waals surface area contributed by atoms with Crippen molar-refractivity contribution in [2.24, 2.45) is 5.73 Å². The fourth-order valence-electron chi connectivity index (χ4n) is 1.60. The summed E-state index contributed by atoms with van der Waals surface area (Å²) in [6.07, 6.45) is 0. The van der Waals surface area contributed by atoms with E-state index in [-0.39, 0.29) is 5.69 Å². The van der Waals surface area contributed by atoms with Crippen LogP contribution in [-0.2, 0) is 0 Å². The Kier molecular flexibility index (Phi) is 2.82. The molecule has 1 aromatic heterocycles. The van der Waals surface area contributed by atoms with Gasteiger partial charge in [0.05, 0.1) is 12.8 Å². The average molecular weight is 231 g/mol. The number of carbonyl (C=O) groups is 1. The Balaban J connectivity index is 2.48. The maximum atomic E-state index is 11.0. The van der Waals surface area contributed by atoms with E-state index in [0.717, 1.165) is 17.1 Å². The number of aryl methyl sites for hydroxylation is 1. The number of aromatic nitrogens is 2. The van der Waals surface area contributed by atoms with Crippen LogP contribution >= 0.6 is 0 Å². The Morgan fingerprint density at radius 2 is 2.18 bits per heavy atom. The van der Waals surface area contributed by atoms with Gasteiger partial charge in [-0.1, -0.05) is 6.07 Å². The van der Waals surface area contributed by atoms with E-state index in [1.807, 2.05) is 31.2 Å². The van der Waals surface area contributed by atoms with Gasteiger partial charge in [0.15, 0.2) is 5.69 Å². The maximum Gasteiger partial charge on any atom is 0.269 e. The van der Waals surface area contributed by atoms with Gasteiger partial charge >= 0.3 is 0 Å². The summed E-state index contributed by atoms with van der Waals surface area (Å²) < 4.78 is 6.79. The van der Waals surface area contributed by atoms with E-state index in [1.54, 1.807) is 17.9 Å². The molecule has 0 spiro atoms. The van der Waals surface area contributed by atoms with Gasteiger partial charge in [-0.05, 0) is 25.1 Å². The standard InChI is InChI=1S/C12H13N3O2/c1-8-6-11(12(13)16)14-15(8)9-4-3-5-10(7-9)17-2/h3-7H,1-2H3,(H2,13,16). The van der Waals surface area contributed by atoms with Crippen molar-refractivity contribution in [1.82, 2.24) is 9.78 Å². The first kappa shape index (κ1) is 11.2. The molecule has 17 heavy (non-hydrogen) atoms. The molecule has 0 bridgehead atoms. The summed E-state index contributed by atoms with van der Waals surface area (Å²) >= 11 is 0. The van der Waals surface area contributed by atoms with Gasteiger partial charge in [0.1, 0.15) is 5.75 Å². The second kappa shape index (κ2) is 4.29. The number of rotatable bonds is 3. The number of benzene rings is 1. The van der Waals surface area contributed by atoms with Crippen LogP contribution in [0.25, 0.3) is 5.69 Å². The minimum atomic E-state index is -0.533. The van der Waals surface area contributed by atoms with E-state index in [9.17, 15) is 4.79 Å². The number of nitrogens with zero attached hydrogens (tertiary/aromatic N) is 2. The van der Waals surface area contributed by atoms with Crippen LogP contribution in [0, 0.1) is 6.92 Å². The van der Waals surface area contributed by atoms with Gasteiger partial charge in [-0.3, -0.25) is 4.79 Å². The van der Waals surface area contributed by atoms with Gasteiger partial charge in [0, 0.05) is 11.8 Å². The lowest BCUT2D eigenvalue weighted by atomic mass is 10.3. The number of carbonyl (C=O) groups excluding carboxylic acids is 1. The lowest BCUT2D eigenvalue weighted by molar-refractivity contribution is 0.0995. The Bertz CT molecular complexity index is 561. The highest BCUT2D eigenvalue weighted by molar-refractivity contribution is 5.90. The van der Waals surface area contributed by atoms with Gasteiger partial charge in [0.2, 0.25) is 0 Å². The molecule has 5 heteroatoms. The van der Waals surface area contributed by atoms with E-state index in [0.29, 0.717) is 0 Å². The molecule has 1 amide bonds. The molecule has 2 aromatic rings. The highest BCUT2D eigenvalue weighted by Gasteiger charge is 2.10. The minimum absolute atomic E-state index is 0.255. The first-order valence-electron chi connectivity index (χ1n) is 5.12. The molecule has 0 aliphatic rings. The van der Waals surface area contributed by atoms with Crippen LogP contribution in [0.3, 0.4) is 0 Å². The molecule has 1 aromatic carbocycles. The predicted octanol–water partition coefficient (Wildman–Crippen LogP) is 1.29. The number of hydrogen-bond donors (Lipinski definition) is 1. The Morgan fingerprint density at radius 3 is 2.76 bits per heavy atom. The second-order valence-corrected chi connectivity index (χ2v) is 3.65. The molecule has 0 atom stereocenters. The summed E-state index contributed by atoms with van der Waals surface area (Å²) in [5.41, 5.74) is 7.11. The van der Waals surface area contributed by atoms with E-state index in [1.165, 1.54) is 0 Å². The molecule has 2 N–H and O–H groups in total. The van der Waals surface area contributed by atoms with Gasteiger partial charge in [-0.2, -0.15) is 5.10 Å². The zero-order valence-electron chi connectivity index (χ0n) is 9.68. The molecule has 0 unspecified atom stereocenters. The molecule has 1 heterocycles. The molecule has 0 saturated carbocycles. The maximum absolute atomic E-state index is 11.0. The molecule has 0 aliphatic carbocycles. The fourth-order valence-corrected chi connectivity index (χ4v) is 1.60. The molecule has 5 nitrogen and oxygen atoms in total. The van der Waals surface area contributed by atoms with Crippen LogP contribution in [0.2, 0.25) is 0 Å². The molecule has 0 radical (unpaired) electrons. The van der Waals surface area contributed by atoms with Crippen molar-refractivity contribution in [3.63, 3.8) is 0 Å². The number of ether oxygens (including phenoxy) is 1. The Labute approximate surface area is 98.8 Å². The largest absolute Gasteiger partial charge is 0.497 e. The van der Waals surface area contributed by atoms with Gasteiger partial charge in [0.25, 0.3) is 5.91 Å². The summed E-state index contributed by atoms with van der Waals surface area (Å²) in [5.74, 6) is 0.202. The number of amides is 1. The van der Waals surface area contributed by atoms with Crippen LogP contribution in [0.15, 0.2) is 30.3 Å². The smallest absolute Gasteiger partial charge is 0.269 e. The topological polar surface area (TPSA) is 70.1 Å². The van der Waals surface area contributed by atoms with Gasteiger partial charge in [-0.25, -0.2) is 4.68 Å². The third kappa shape index (κ3) is 2.13. The molecule has 0 fully saturated rings. The Morgan fingerprint density at radius 1 is 1.41 bits per heavy atom. The number of primary amides is 1. The van der Waals surface area contributed by atoms with Crippen molar-refractivity contribution in [3.05, 3.63) is 41.7 Å². The zero-order valence-corrected chi connectivity index (χ0v) is 9.68. The number of nitrogens with two attached hydrogens (primary N) is 1. The average Bonchev–Trinajstić information content (AvgIpc) is 2.72. The van der Waals surface area contributed by atoms with Crippen LogP contribution in [0.1, 0.15) is 16.2 Å². The summed E-state index contributed by atoms with van der Waals surface area (Å²) in [7, 11) is 1.60.